The average Bonchev–Trinajstić information content (AvgIpc) is 2.43. The fourth-order valence-corrected chi connectivity index (χ4v) is 2.56. The maximum Gasteiger partial charge on any atom is 0.248 e. The van der Waals surface area contributed by atoms with Crippen LogP contribution in [0.15, 0.2) is 0 Å². The minimum atomic E-state index is -0.784. The molecule has 5 heteroatoms. The number of amides is 2. The van der Waals surface area contributed by atoms with Gasteiger partial charge in [-0.1, -0.05) is 27.2 Å². The van der Waals surface area contributed by atoms with Crippen LogP contribution in [0, 0.1) is 5.92 Å². The predicted octanol–water partition coefficient (Wildman–Crippen LogP) is 1.56. The second kappa shape index (κ2) is 7.07. The second-order valence-electron chi connectivity index (χ2n) is 5.70. The third-order valence-corrected chi connectivity index (χ3v) is 4.31. The van der Waals surface area contributed by atoms with Gasteiger partial charge in [0.15, 0.2) is 0 Å². The van der Waals surface area contributed by atoms with Gasteiger partial charge in [-0.25, -0.2) is 0 Å². The van der Waals surface area contributed by atoms with E-state index in [4.69, 9.17) is 4.74 Å². The first-order valence-electron chi connectivity index (χ1n) is 7.62. The average molecular weight is 284 g/mol. The van der Waals surface area contributed by atoms with Crippen LogP contribution >= 0.6 is 0 Å². The van der Waals surface area contributed by atoms with Crippen molar-refractivity contribution in [3.63, 3.8) is 0 Å². The monoisotopic (exact) mass is 284 g/mol. The quantitative estimate of drug-likeness (QED) is 0.722. The zero-order valence-electron chi connectivity index (χ0n) is 13.4. The summed E-state index contributed by atoms with van der Waals surface area (Å²) in [7, 11) is 0. The van der Waals surface area contributed by atoms with Crippen molar-refractivity contribution in [2.45, 2.75) is 59.0 Å². The molecule has 0 spiro atoms. The minimum absolute atomic E-state index is 0.00426. The number of piperazine rings is 1. The number of rotatable bonds is 7. The molecule has 1 heterocycles. The first-order chi connectivity index (χ1) is 9.41. The fraction of sp³-hybridized carbons (Fsp3) is 0.867. The number of ether oxygens (including phenoxy) is 1. The van der Waals surface area contributed by atoms with Crippen LogP contribution in [0.5, 0.6) is 0 Å². The highest BCUT2D eigenvalue weighted by atomic mass is 16.5. The van der Waals surface area contributed by atoms with Crippen molar-refractivity contribution in [1.29, 1.82) is 0 Å². The van der Waals surface area contributed by atoms with Crippen molar-refractivity contribution in [3.05, 3.63) is 0 Å². The van der Waals surface area contributed by atoms with E-state index in [1.807, 2.05) is 27.7 Å². The Morgan fingerprint density at radius 3 is 2.50 bits per heavy atom. The maximum atomic E-state index is 12.7. The van der Waals surface area contributed by atoms with Gasteiger partial charge in [0, 0.05) is 13.2 Å². The molecular weight excluding hydrogens is 256 g/mol. The third-order valence-electron chi connectivity index (χ3n) is 4.31. The lowest BCUT2D eigenvalue weighted by atomic mass is 9.87. The molecule has 1 aliphatic heterocycles. The summed E-state index contributed by atoms with van der Waals surface area (Å²) in [6.45, 7) is 11.3. The largest absolute Gasteiger partial charge is 0.380 e. The zero-order chi connectivity index (χ0) is 15.3. The van der Waals surface area contributed by atoms with Crippen molar-refractivity contribution in [1.82, 2.24) is 10.2 Å². The third kappa shape index (κ3) is 3.32. The van der Waals surface area contributed by atoms with Gasteiger partial charge in [-0.2, -0.15) is 0 Å². The van der Waals surface area contributed by atoms with Crippen LogP contribution in [0.4, 0.5) is 0 Å². The Hall–Kier alpha value is -1.10. The Kier molecular flexibility index (Phi) is 5.99. The predicted molar refractivity (Wildman–Crippen MR) is 78.3 cm³/mol. The fourth-order valence-electron chi connectivity index (χ4n) is 2.56. The number of hydrogen-bond donors (Lipinski definition) is 1. The molecule has 20 heavy (non-hydrogen) atoms. The molecule has 1 aliphatic rings. The molecule has 1 N–H and O–H groups in total. The lowest BCUT2D eigenvalue weighted by molar-refractivity contribution is -0.157. The van der Waals surface area contributed by atoms with Gasteiger partial charge < -0.3 is 15.0 Å². The summed E-state index contributed by atoms with van der Waals surface area (Å²) in [6.07, 6.45) is 1.45. The van der Waals surface area contributed by atoms with E-state index >= 15 is 0 Å². The lowest BCUT2D eigenvalue weighted by Gasteiger charge is -2.46. The Balaban J connectivity index is 2.97. The summed E-state index contributed by atoms with van der Waals surface area (Å²) in [4.78, 5) is 26.8. The summed E-state index contributed by atoms with van der Waals surface area (Å²) >= 11 is 0. The van der Waals surface area contributed by atoms with Gasteiger partial charge in [0.05, 0.1) is 6.61 Å². The molecule has 116 valence electrons. The molecule has 3 atom stereocenters. The molecule has 1 fully saturated rings. The van der Waals surface area contributed by atoms with E-state index in [0.717, 1.165) is 6.42 Å². The van der Waals surface area contributed by atoms with E-state index < -0.39 is 5.54 Å². The van der Waals surface area contributed by atoms with E-state index in [0.29, 0.717) is 26.2 Å². The van der Waals surface area contributed by atoms with Crippen LogP contribution in [-0.2, 0) is 14.3 Å². The first-order valence-corrected chi connectivity index (χ1v) is 7.62. The van der Waals surface area contributed by atoms with Gasteiger partial charge >= 0.3 is 0 Å². The van der Waals surface area contributed by atoms with Crippen molar-refractivity contribution in [2.24, 2.45) is 5.92 Å². The number of hydrogen-bond acceptors (Lipinski definition) is 3. The molecule has 1 rings (SSSR count). The Morgan fingerprint density at radius 1 is 1.35 bits per heavy atom. The minimum Gasteiger partial charge on any atom is -0.380 e. The van der Waals surface area contributed by atoms with Crippen LogP contribution in [-0.4, -0.2) is 48.1 Å². The van der Waals surface area contributed by atoms with E-state index in [1.165, 1.54) is 0 Å². The van der Waals surface area contributed by atoms with Crippen molar-refractivity contribution in [2.75, 3.05) is 19.8 Å². The molecule has 0 saturated carbocycles. The summed E-state index contributed by atoms with van der Waals surface area (Å²) < 4.78 is 5.36. The Labute approximate surface area is 122 Å². The maximum absolute atomic E-state index is 12.7. The molecular formula is C15H28N2O3. The van der Waals surface area contributed by atoms with E-state index in [9.17, 15) is 9.59 Å². The Bertz CT molecular complexity index is 359. The molecule has 0 aromatic heterocycles. The summed E-state index contributed by atoms with van der Waals surface area (Å²) in [5.74, 6) is 0.103. The van der Waals surface area contributed by atoms with Gasteiger partial charge in [-0.05, 0) is 26.2 Å². The molecule has 1 saturated heterocycles. The van der Waals surface area contributed by atoms with Gasteiger partial charge in [-0.15, -0.1) is 0 Å². The van der Waals surface area contributed by atoms with Crippen molar-refractivity contribution >= 4 is 11.8 Å². The SMILES string of the molecule is CCOCCN1C(=O)C(C)(CC)NC(=O)C1C(C)CC. The van der Waals surface area contributed by atoms with Gasteiger partial charge in [0.1, 0.15) is 11.6 Å². The van der Waals surface area contributed by atoms with Gasteiger partial charge in [0.2, 0.25) is 11.8 Å². The molecule has 3 unspecified atom stereocenters. The van der Waals surface area contributed by atoms with Crippen LogP contribution < -0.4 is 5.32 Å². The number of nitrogens with one attached hydrogen (secondary N) is 1. The van der Waals surface area contributed by atoms with Gasteiger partial charge in [-0.3, -0.25) is 9.59 Å². The highest BCUT2D eigenvalue weighted by Gasteiger charge is 2.48. The van der Waals surface area contributed by atoms with Crippen LogP contribution in [0.1, 0.15) is 47.5 Å². The van der Waals surface area contributed by atoms with Crippen LogP contribution in [0.3, 0.4) is 0 Å². The van der Waals surface area contributed by atoms with Crippen molar-refractivity contribution in [3.8, 4) is 0 Å². The molecule has 2 amide bonds. The van der Waals surface area contributed by atoms with Crippen molar-refractivity contribution < 1.29 is 14.3 Å². The highest BCUT2D eigenvalue weighted by Crippen LogP contribution is 2.26. The summed E-state index contributed by atoms with van der Waals surface area (Å²) in [5.41, 5.74) is -0.784. The molecule has 0 aromatic rings. The molecule has 0 aromatic carbocycles. The standard InChI is InChI=1S/C15H28N2O3/c1-6-11(4)12-13(18)16-15(5,7-2)14(19)17(12)9-10-20-8-3/h11-12H,6-10H2,1-5H3,(H,16,18). The molecule has 0 bridgehead atoms. The highest BCUT2D eigenvalue weighted by molar-refractivity contribution is 5.99. The summed E-state index contributed by atoms with van der Waals surface area (Å²) in [6, 6.07) is -0.382. The normalized spacial score (nSPS) is 28.4. The van der Waals surface area contributed by atoms with Crippen LogP contribution in [0.25, 0.3) is 0 Å². The first kappa shape index (κ1) is 17.0. The molecule has 0 radical (unpaired) electrons. The zero-order valence-corrected chi connectivity index (χ0v) is 13.4. The number of carbonyl (C=O) groups excluding carboxylic acids is 2. The lowest BCUT2D eigenvalue weighted by Crippen LogP contribution is -2.70. The number of carbonyl (C=O) groups is 2. The topological polar surface area (TPSA) is 58.6 Å². The van der Waals surface area contributed by atoms with E-state index in [-0.39, 0.29) is 23.8 Å². The van der Waals surface area contributed by atoms with E-state index in [2.05, 4.69) is 5.32 Å². The van der Waals surface area contributed by atoms with E-state index in [1.54, 1.807) is 11.8 Å². The summed E-state index contributed by atoms with van der Waals surface area (Å²) in [5, 5.41) is 2.91. The van der Waals surface area contributed by atoms with Gasteiger partial charge in [0.25, 0.3) is 0 Å². The molecule has 5 nitrogen and oxygen atoms in total. The number of nitrogens with zero attached hydrogens (tertiary/aromatic N) is 1. The Morgan fingerprint density at radius 2 is 2.00 bits per heavy atom. The molecule has 0 aliphatic carbocycles. The smallest absolute Gasteiger partial charge is 0.248 e. The second-order valence-corrected chi connectivity index (χ2v) is 5.70. The van der Waals surface area contributed by atoms with Crippen LogP contribution in [0.2, 0.25) is 0 Å².